The van der Waals surface area contributed by atoms with Crippen molar-refractivity contribution in [3.05, 3.63) is 100 Å². The van der Waals surface area contributed by atoms with Crippen molar-refractivity contribution in [3.63, 3.8) is 0 Å². The second kappa shape index (κ2) is 9.23. The van der Waals surface area contributed by atoms with E-state index in [1.54, 1.807) is 0 Å². The summed E-state index contributed by atoms with van der Waals surface area (Å²) in [6.07, 6.45) is 6.14. The van der Waals surface area contributed by atoms with Crippen LogP contribution >= 0.6 is 0 Å². The maximum atomic E-state index is 8.74. The third-order valence-electron chi connectivity index (χ3n) is 5.44. The Kier molecular flexibility index (Phi) is 6.20. The fraction of sp³-hybridized carbons (Fsp3) is 0.222. The first kappa shape index (κ1) is 22.2. The Morgan fingerprint density at radius 2 is 1.64 bits per heavy atom. The van der Waals surface area contributed by atoms with Crippen LogP contribution in [0.2, 0.25) is 0 Å². The number of nitrogens with zero attached hydrogens (tertiary/aromatic N) is 5. The molecule has 0 spiro atoms. The third kappa shape index (κ3) is 5.08. The van der Waals surface area contributed by atoms with E-state index < -0.39 is 5.54 Å². The predicted molar refractivity (Wildman–Crippen MR) is 134 cm³/mol. The molecule has 6 heteroatoms. The summed E-state index contributed by atoms with van der Waals surface area (Å²) in [4.78, 5) is 7.54. The van der Waals surface area contributed by atoms with Gasteiger partial charge in [-0.15, -0.1) is 0 Å². The van der Waals surface area contributed by atoms with Crippen LogP contribution in [0.4, 0.5) is 0 Å². The van der Waals surface area contributed by atoms with Crippen molar-refractivity contribution in [2.45, 2.75) is 39.3 Å². The van der Waals surface area contributed by atoms with Gasteiger partial charge in [0.1, 0.15) is 12.1 Å². The molecule has 0 fully saturated rings. The zero-order valence-electron chi connectivity index (χ0n) is 19.3. The molecule has 0 bridgehead atoms. The van der Waals surface area contributed by atoms with Crippen molar-refractivity contribution < 1.29 is 4.74 Å². The highest BCUT2D eigenvalue weighted by Crippen LogP contribution is 2.26. The second-order valence-electron chi connectivity index (χ2n) is 8.73. The van der Waals surface area contributed by atoms with Gasteiger partial charge in [0.2, 0.25) is 0 Å². The maximum absolute atomic E-state index is 8.74. The first-order valence-corrected chi connectivity index (χ1v) is 10.9. The average molecular weight is 438 g/mol. The molecule has 4 aromatic rings. The number of ether oxygens (including phenoxy) is 1. The standard InChI is InChI=1S/C27H27N5O/c1-19(2)33-24-14-12-23(13-15-24)32-18-29-25-17-21(9-16-26(25)32)6-5-20-7-10-22(11-8-20)27(3,4)30-31-28/h5-19H,1-4H3. The maximum Gasteiger partial charge on any atom is 0.119 e. The Morgan fingerprint density at radius 3 is 2.30 bits per heavy atom. The van der Waals surface area contributed by atoms with E-state index >= 15 is 0 Å². The van der Waals surface area contributed by atoms with E-state index in [9.17, 15) is 0 Å². The quantitative estimate of drug-likeness (QED) is 0.130. The molecule has 0 unspecified atom stereocenters. The van der Waals surface area contributed by atoms with E-state index in [-0.39, 0.29) is 6.10 Å². The largest absolute Gasteiger partial charge is 0.491 e. The Hall–Kier alpha value is -4.02. The highest BCUT2D eigenvalue weighted by Gasteiger charge is 2.17. The Morgan fingerprint density at radius 1 is 0.970 bits per heavy atom. The van der Waals surface area contributed by atoms with Crippen LogP contribution < -0.4 is 4.74 Å². The van der Waals surface area contributed by atoms with Crippen LogP contribution in [0.25, 0.3) is 39.3 Å². The van der Waals surface area contributed by atoms with Gasteiger partial charge in [0.15, 0.2) is 0 Å². The summed E-state index contributed by atoms with van der Waals surface area (Å²) < 4.78 is 7.81. The lowest BCUT2D eigenvalue weighted by atomic mass is 9.94. The second-order valence-corrected chi connectivity index (χ2v) is 8.73. The van der Waals surface area contributed by atoms with Crippen molar-refractivity contribution in [3.8, 4) is 11.4 Å². The van der Waals surface area contributed by atoms with E-state index in [2.05, 4.69) is 49.9 Å². The molecular weight excluding hydrogens is 410 g/mol. The monoisotopic (exact) mass is 437 g/mol. The van der Waals surface area contributed by atoms with Gasteiger partial charge in [-0.2, -0.15) is 0 Å². The molecular formula is C27H27N5O. The van der Waals surface area contributed by atoms with Crippen LogP contribution in [0.3, 0.4) is 0 Å². The minimum absolute atomic E-state index is 0.152. The average Bonchev–Trinajstić information content (AvgIpc) is 3.21. The van der Waals surface area contributed by atoms with E-state index in [1.165, 1.54) is 0 Å². The molecule has 0 saturated heterocycles. The number of aromatic nitrogens is 2. The van der Waals surface area contributed by atoms with Crippen molar-refractivity contribution in [1.82, 2.24) is 9.55 Å². The first-order valence-electron chi connectivity index (χ1n) is 10.9. The topological polar surface area (TPSA) is 75.8 Å². The van der Waals surface area contributed by atoms with Crippen molar-refractivity contribution >= 4 is 23.2 Å². The van der Waals surface area contributed by atoms with Crippen molar-refractivity contribution in [1.29, 1.82) is 0 Å². The molecule has 0 N–H and O–H groups in total. The molecule has 0 aliphatic rings. The lowest BCUT2D eigenvalue weighted by molar-refractivity contribution is 0.242. The lowest BCUT2D eigenvalue weighted by Gasteiger charge is -2.18. The summed E-state index contributed by atoms with van der Waals surface area (Å²) >= 11 is 0. The number of imidazole rings is 1. The SMILES string of the molecule is CC(C)Oc1ccc(-n2cnc3cc(C=Cc4ccc(C(C)(C)N=[N+]=[N-])cc4)ccc32)cc1. The van der Waals surface area contributed by atoms with E-state index in [1.807, 2.05) is 82.6 Å². The first-order chi connectivity index (χ1) is 15.9. The normalized spacial score (nSPS) is 11.8. The minimum Gasteiger partial charge on any atom is -0.491 e. The molecule has 1 aromatic heterocycles. The molecule has 0 radical (unpaired) electrons. The third-order valence-corrected chi connectivity index (χ3v) is 5.44. The van der Waals surface area contributed by atoms with Gasteiger partial charge in [-0.3, -0.25) is 4.57 Å². The molecule has 6 nitrogen and oxygen atoms in total. The van der Waals surface area contributed by atoms with Crippen LogP contribution in [0.15, 0.2) is 78.2 Å². The van der Waals surface area contributed by atoms with Gasteiger partial charge in [0.05, 0.1) is 22.7 Å². The Balaban J connectivity index is 1.52. The molecule has 0 aliphatic heterocycles. The van der Waals surface area contributed by atoms with Crippen molar-refractivity contribution in [2.24, 2.45) is 5.11 Å². The zero-order valence-corrected chi connectivity index (χ0v) is 19.3. The fourth-order valence-electron chi connectivity index (χ4n) is 3.66. The summed E-state index contributed by atoms with van der Waals surface area (Å²) in [5, 5.41) is 3.87. The molecule has 0 saturated carbocycles. The lowest BCUT2D eigenvalue weighted by Crippen LogP contribution is -2.12. The molecule has 1 heterocycles. The van der Waals surface area contributed by atoms with E-state index in [0.717, 1.165) is 39.2 Å². The van der Waals surface area contributed by atoms with Crippen LogP contribution in [0.1, 0.15) is 44.4 Å². The Bertz CT molecular complexity index is 1330. The van der Waals surface area contributed by atoms with E-state index in [4.69, 9.17) is 10.3 Å². The molecule has 3 aromatic carbocycles. The van der Waals surface area contributed by atoms with Gasteiger partial charge in [0, 0.05) is 10.6 Å². The number of hydrogen-bond acceptors (Lipinski definition) is 3. The highest BCUT2D eigenvalue weighted by atomic mass is 16.5. The van der Waals surface area contributed by atoms with E-state index in [0.29, 0.717) is 0 Å². The van der Waals surface area contributed by atoms with Gasteiger partial charge >= 0.3 is 0 Å². The highest BCUT2D eigenvalue weighted by molar-refractivity contribution is 5.82. The number of benzene rings is 3. The fourth-order valence-corrected chi connectivity index (χ4v) is 3.66. The van der Waals surface area contributed by atoms with Crippen molar-refractivity contribution in [2.75, 3.05) is 0 Å². The number of rotatable bonds is 7. The van der Waals surface area contributed by atoms with Crippen LogP contribution in [0, 0.1) is 0 Å². The molecule has 0 aliphatic carbocycles. The number of azide groups is 1. The predicted octanol–water partition coefficient (Wildman–Crippen LogP) is 7.53. The van der Waals surface area contributed by atoms with Crippen LogP contribution in [-0.4, -0.2) is 15.7 Å². The smallest absolute Gasteiger partial charge is 0.119 e. The van der Waals surface area contributed by atoms with Crippen LogP contribution in [0.5, 0.6) is 5.75 Å². The molecule has 4 rings (SSSR count). The van der Waals surface area contributed by atoms with Gasteiger partial charge in [-0.05, 0) is 72.5 Å². The van der Waals surface area contributed by atoms with Gasteiger partial charge in [-0.1, -0.05) is 61.4 Å². The van der Waals surface area contributed by atoms with Crippen LogP contribution in [-0.2, 0) is 5.54 Å². The summed E-state index contributed by atoms with van der Waals surface area (Å²) in [5.41, 5.74) is 14.3. The number of hydrogen-bond donors (Lipinski definition) is 0. The van der Waals surface area contributed by atoms with Gasteiger partial charge in [0.25, 0.3) is 0 Å². The number of fused-ring (bicyclic) bond motifs is 1. The minimum atomic E-state index is -0.567. The molecule has 0 atom stereocenters. The molecule has 166 valence electrons. The summed E-state index contributed by atoms with van der Waals surface area (Å²) in [6.45, 7) is 7.84. The summed E-state index contributed by atoms with van der Waals surface area (Å²) in [5.74, 6) is 0.861. The summed E-state index contributed by atoms with van der Waals surface area (Å²) in [7, 11) is 0. The molecule has 33 heavy (non-hydrogen) atoms. The zero-order chi connectivity index (χ0) is 23.4. The molecule has 0 amide bonds. The Labute approximate surface area is 193 Å². The summed E-state index contributed by atoms with van der Waals surface area (Å²) in [6, 6.07) is 22.4. The van der Waals surface area contributed by atoms with Gasteiger partial charge in [-0.25, -0.2) is 4.98 Å². The van der Waals surface area contributed by atoms with Gasteiger partial charge < -0.3 is 4.74 Å².